The molecule has 2 unspecified atom stereocenters. The van der Waals surface area contributed by atoms with Gasteiger partial charge in [0.25, 0.3) is 0 Å². The van der Waals surface area contributed by atoms with Crippen LogP contribution in [0.1, 0.15) is 20.3 Å². The molecule has 1 aliphatic heterocycles. The van der Waals surface area contributed by atoms with E-state index in [9.17, 15) is 8.42 Å². The lowest BCUT2D eigenvalue weighted by Gasteiger charge is -2.20. The molecule has 1 rings (SSSR count). The van der Waals surface area contributed by atoms with Gasteiger partial charge in [-0.1, -0.05) is 6.92 Å². The topological polar surface area (TPSA) is 37.4 Å². The van der Waals surface area contributed by atoms with E-state index in [-0.39, 0.29) is 6.04 Å². The summed E-state index contributed by atoms with van der Waals surface area (Å²) in [6, 6.07) is 0.185. The molecule has 0 amide bonds. The summed E-state index contributed by atoms with van der Waals surface area (Å²) in [7, 11) is -2.95. The van der Waals surface area contributed by atoms with Crippen molar-refractivity contribution < 1.29 is 8.42 Å². The lowest BCUT2D eigenvalue weighted by Crippen LogP contribution is -2.34. The molecular formula is C7H15NO2S. The van der Waals surface area contributed by atoms with Gasteiger partial charge in [0.05, 0.1) is 6.26 Å². The van der Waals surface area contributed by atoms with Gasteiger partial charge in [-0.3, -0.25) is 0 Å². The van der Waals surface area contributed by atoms with Crippen LogP contribution in [-0.4, -0.2) is 31.6 Å². The van der Waals surface area contributed by atoms with Crippen LogP contribution in [0.25, 0.3) is 0 Å². The third kappa shape index (κ3) is 1.73. The monoisotopic (exact) mass is 177 g/mol. The third-order valence-electron chi connectivity index (χ3n) is 2.51. The van der Waals surface area contributed by atoms with Crippen LogP contribution in [0.3, 0.4) is 0 Å². The Morgan fingerprint density at radius 1 is 1.36 bits per heavy atom. The van der Waals surface area contributed by atoms with Gasteiger partial charge in [0.1, 0.15) is 0 Å². The predicted molar refractivity (Wildman–Crippen MR) is 44.8 cm³/mol. The van der Waals surface area contributed by atoms with Gasteiger partial charge >= 0.3 is 0 Å². The molecule has 0 N–H and O–H groups in total. The maximum Gasteiger partial charge on any atom is 0.211 e. The molecule has 3 nitrogen and oxygen atoms in total. The van der Waals surface area contributed by atoms with Crippen molar-refractivity contribution in [2.75, 3.05) is 12.8 Å². The summed E-state index contributed by atoms with van der Waals surface area (Å²) < 4.78 is 23.8. The van der Waals surface area contributed by atoms with Crippen molar-refractivity contribution in [3.05, 3.63) is 0 Å². The van der Waals surface area contributed by atoms with Crippen LogP contribution in [-0.2, 0) is 10.0 Å². The molecule has 1 fully saturated rings. The number of rotatable bonds is 1. The van der Waals surface area contributed by atoms with Crippen molar-refractivity contribution in [2.45, 2.75) is 26.3 Å². The highest BCUT2D eigenvalue weighted by Gasteiger charge is 2.32. The molecule has 0 aromatic rings. The van der Waals surface area contributed by atoms with Crippen molar-refractivity contribution in [3.8, 4) is 0 Å². The summed E-state index contributed by atoms with van der Waals surface area (Å²) in [5, 5.41) is 0. The average Bonchev–Trinajstić information content (AvgIpc) is 2.11. The highest BCUT2D eigenvalue weighted by Crippen LogP contribution is 2.25. The second kappa shape index (κ2) is 2.75. The number of nitrogens with zero attached hydrogens (tertiary/aromatic N) is 1. The first-order valence-corrected chi connectivity index (χ1v) is 5.74. The molecule has 0 aliphatic carbocycles. The molecule has 66 valence electrons. The van der Waals surface area contributed by atoms with E-state index in [0.29, 0.717) is 12.5 Å². The quantitative estimate of drug-likeness (QED) is 0.590. The van der Waals surface area contributed by atoms with Crippen molar-refractivity contribution in [2.24, 2.45) is 5.92 Å². The van der Waals surface area contributed by atoms with Crippen molar-refractivity contribution in [1.29, 1.82) is 0 Å². The maximum atomic E-state index is 11.1. The molecule has 2 atom stereocenters. The van der Waals surface area contributed by atoms with E-state index in [1.807, 2.05) is 6.92 Å². The summed E-state index contributed by atoms with van der Waals surface area (Å²) in [6.45, 7) is 4.76. The molecular weight excluding hydrogens is 162 g/mol. The Labute approximate surface area is 68.4 Å². The van der Waals surface area contributed by atoms with Gasteiger partial charge in [-0.2, -0.15) is 4.31 Å². The van der Waals surface area contributed by atoms with Gasteiger partial charge in [-0.25, -0.2) is 8.42 Å². The van der Waals surface area contributed by atoms with Crippen LogP contribution >= 0.6 is 0 Å². The molecule has 1 heterocycles. The van der Waals surface area contributed by atoms with Gasteiger partial charge in [0.2, 0.25) is 10.0 Å². The van der Waals surface area contributed by atoms with E-state index in [1.54, 1.807) is 4.31 Å². The minimum atomic E-state index is -2.95. The molecule has 1 aliphatic rings. The molecule has 0 saturated carbocycles. The summed E-state index contributed by atoms with van der Waals surface area (Å²) in [5.41, 5.74) is 0. The van der Waals surface area contributed by atoms with E-state index < -0.39 is 10.0 Å². The summed E-state index contributed by atoms with van der Waals surface area (Å²) >= 11 is 0. The maximum absolute atomic E-state index is 11.1. The smallest absolute Gasteiger partial charge is 0.211 e. The van der Waals surface area contributed by atoms with Gasteiger partial charge in [0, 0.05) is 12.6 Å². The molecule has 4 heteroatoms. The molecule has 11 heavy (non-hydrogen) atoms. The van der Waals surface area contributed by atoms with Gasteiger partial charge in [0.15, 0.2) is 0 Å². The standard InChI is InChI=1S/C7H15NO2S/c1-6-4-5-8(7(6)2)11(3,9)10/h6-7H,4-5H2,1-3H3. The first kappa shape index (κ1) is 9.00. The van der Waals surface area contributed by atoms with Crippen LogP contribution in [0.2, 0.25) is 0 Å². The minimum Gasteiger partial charge on any atom is -0.212 e. The normalized spacial score (nSPS) is 34.5. The zero-order valence-corrected chi connectivity index (χ0v) is 8.06. The molecule has 0 radical (unpaired) electrons. The predicted octanol–water partition coefficient (Wildman–Crippen LogP) is 0.676. The van der Waals surface area contributed by atoms with Gasteiger partial charge in [-0.05, 0) is 19.3 Å². The lowest BCUT2D eigenvalue weighted by molar-refractivity contribution is 0.374. The first-order valence-electron chi connectivity index (χ1n) is 3.89. The Morgan fingerprint density at radius 2 is 1.91 bits per heavy atom. The Kier molecular flexibility index (Phi) is 2.25. The molecule has 1 saturated heterocycles. The number of sulfonamides is 1. The first-order chi connectivity index (χ1) is 4.93. The molecule has 0 bridgehead atoms. The van der Waals surface area contributed by atoms with Gasteiger partial charge < -0.3 is 0 Å². The minimum absolute atomic E-state index is 0.185. The summed E-state index contributed by atoms with van der Waals surface area (Å²) in [4.78, 5) is 0. The highest BCUT2D eigenvalue weighted by molar-refractivity contribution is 7.88. The van der Waals surface area contributed by atoms with Crippen molar-refractivity contribution >= 4 is 10.0 Å². The lowest BCUT2D eigenvalue weighted by atomic mass is 10.1. The van der Waals surface area contributed by atoms with Crippen molar-refractivity contribution in [1.82, 2.24) is 4.31 Å². The van der Waals surface area contributed by atoms with Crippen LogP contribution < -0.4 is 0 Å². The van der Waals surface area contributed by atoms with E-state index >= 15 is 0 Å². The highest BCUT2D eigenvalue weighted by atomic mass is 32.2. The summed E-state index contributed by atoms with van der Waals surface area (Å²) in [6.07, 6.45) is 2.27. The van der Waals surface area contributed by atoms with Crippen LogP contribution in [0.5, 0.6) is 0 Å². The van der Waals surface area contributed by atoms with Crippen molar-refractivity contribution in [3.63, 3.8) is 0 Å². The zero-order valence-electron chi connectivity index (χ0n) is 7.24. The third-order valence-corrected chi connectivity index (χ3v) is 3.88. The van der Waals surface area contributed by atoms with E-state index in [4.69, 9.17) is 0 Å². The Morgan fingerprint density at radius 3 is 2.09 bits per heavy atom. The number of hydrogen-bond donors (Lipinski definition) is 0. The Hall–Kier alpha value is -0.0900. The van der Waals surface area contributed by atoms with E-state index in [1.165, 1.54) is 6.26 Å². The SMILES string of the molecule is CC1CCN(S(C)(=O)=O)C1C. The average molecular weight is 177 g/mol. The zero-order chi connectivity index (χ0) is 8.65. The van der Waals surface area contributed by atoms with Crippen LogP contribution in [0.4, 0.5) is 0 Å². The fourth-order valence-corrected chi connectivity index (χ4v) is 2.78. The number of hydrogen-bond acceptors (Lipinski definition) is 2. The second-order valence-corrected chi connectivity index (χ2v) is 5.32. The van der Waals surface area contributed by atoms with Crippen LogP contribution in [0.15, 0.2) is 0 Å². The molecule has 0 aromatic heterocycles. The second-order valence-electron chi connectivity index (χ2n) is 3.38. The van der Waals surface area contributed by atoms with E-state index in [0.717, 1.165) is 6.42 Å². The van der Waals surface area contributed by atoms with Crippen LogP contribution in [0, 0.1) is 5.92 Å². The Balaban J connectivity index is 2.78. The fraction of sp³-hybridized carbons (Fsp3) is 1.00. The van der Waals surface area contributed by atoms with Gasteiger partial charge in [-0.15, -0.1) is 0 Å². The molecule has 0 spiro atoms. The molecule has 0 aromatic carbocycles. The Bertz CT molecular complexity index is 235. The fourth-order valence-electron chi connectivity index (χ4n) is 1.53. The largest absolute Gasteiger partial charge is 0.212 e. The van der Waals surface area contributed by atoms with E-state index in [2.05, 4.69) is 6.92 Å². The summed E-state index contributed by atoms with van der Waals surface area (Å²) in [5.74, 6) is 0.504.